The van der Waals surface area contributed by atoms with E-state index in [1.807, 2.05) is 6.07 Å². The monoisotopic (exact) mass is 249 g/mol. The van der Waals surface area contributed by atoms with Gasteiger partial charge in [-0.25, -0.2) is 9.69 Å². The molecule has 0 saturated heterocycles. The minimum atomic E-state index is -0.618. The van der Waals surface area contributed by atoms with Gasteiger partial charge in [-0.15, -0.1) is 0 Å². The predicted octanol–water partition coefficient (Wildman–Crippen LogP) is 3.37. The molecule has 1 aromatic rings. The molecule has 0 radical (unpaired) electrons. The molecule has 98 valence electrons. The average molecular weight is 249 g/mol. The molecule has 0 heterocycles. The van der Waals surface area contributed by atoms with E-state index >= 15 is 0 Å². The highest BCUT2D eigenvalue weighted by Crippen LogP contribution is 2.12. The van der Waals surface area contributed by atoms with Crippen LogP contribution in [0.1, 0.15) is 32.6 Å². The fourth-order valence-corrected chi connectivity index (χ4v) is 1.56. The van der Waals surface area contributed by atoms with E-state index < -0.39 is 6.09 Å². The summed E-state index contributed by atoms with van der Waals surface area (Å²) in [6, 6.07) is 8.72. The quantitative estimate of drug-likeness (QED) is 0.550. The molecular formula is C14H19NO3. The fourth-order valence-electron chi connectivity index (χ4n) is 1.56. The minimum Gasteiger partial charge on any atom is -0.449 e. The lowest BCUT2D eigenvalue weighted by atomic mass is 10.2. The van der Waals surface area contributed by atoms with Crippen molar-refractivity contribution in [2.75, 3.05) is 11.5 Å². The van der Waals surface area contributed by atoms with E-state index in [4.69, 9.17) is 4.74 Å². The molecule has 1 aromatic carbocycles. The Hall–Kier alpha value is -1.84. The summed E-state index contributed by atoms with van der Waals surface area (Å²) in [5, 5.41) is 0. The summed E-state index contributed by atoms with van der Waals surface area (Å²) < 4.78 is 5.05. The van der Waals surface area contributed by atoms with E-state index in [2.05, 4.69) is 6.92 Å². The van der Waals surface area contributed by atoms with Gasteiger partial charge in [0.15, 0.2) is 0 Å². The van der Waals surface area contributed by atoms with Crippen molar-refractivity contribution in [3.05, 3.63) is 30.3 Å². The second kappa shape index (κ2) is 8.28. The van der Waals surface area contributed by atoms with Crippen LogP contribution in [-0.4, -0.2) is 19.1 Å². The molecule has 0 saturated carbocycles. The highest BCUT2D eigenvalue weighted by molar-refractivity contribution is 6.03. The van der Waals surface area contributed by atoms with Crippen molar-refractivity contribution in [1.82, 2.24) is 0 Å². The van der Waals surface area contributed by atoms with Crippen molar-refractivity contribution >= 4 is 18.2 Å². The van der Waals surface area contributed by atoms with E-state index in [1.54, 1.807) is 24.3 Å². The lowest BCUT2D eigenvalue weighted by Gasteiger charge is -2.15. The van der Waals surface area contributed by atoms with Crippen molar-refractivity contribution < 1.29 is 14.3 Å². The van der Waals surface area contributed by atoms with E-state index in [0.29, 0.717) is 18.7 Å². The molecule has 1 rings (SSSR count). The zero-order valence-corrected chi connectivity index (χ0v) is 10.7. The summed E-state index contributed by atoms with van der Waals surface area (Å²) >= 11 is 0. The standard InChI is InChI=1S/C14H19NO3/c1-2-3-4-8-11-18-14(17)15(12-16)13-9-6-5-7-10-13/h5-7,9-10,12H,2-4,8,11H2,1H3. The Morgan fingerprint density at radius 3 is 2.56 bits per heavy atom. The van der Waals surface area contributed by atoms with Gasteiger partial charge in [0.1, 0.15) is 0 Å². The summed E-state index contributed by atoms with van der Waals surface area (Å²) in [6.45, 7) is 2.48. The molecule has 2 amide bonds. The van der Waals surface area contributed by atoms with Crippen molar-refractivity contribution in [3.63, 3.8) is 0 Å². The highest BCUT2D eigenvalue weighted by Gasteiger charge is 2.15. The Morgan fingerprint density at radius 1 is 1.22 bits per heavy atom. The van der Waals surface area contributed by atoms with Crippen molar-refractivity contribution in [2.45, 2.75) is 32.6 Å². The Morgan fingerprint density at radius 2 is 1.94 bits per heavy atom. The molecule has 0 spiro atoms. The molecule has 0 N–H and O–H groups in total. The van der Waals surface area contributed by atoms with Gasteiger partial charge in [0.05, 0.1) is 12.3 Å². The first-order chi connectivity index (χ1) is 8.79. The molecule has 0 fully saturated rings. The highest BCUT2D eigenvalue weighted by atomic mass is 16.6. The van der Waals surface area contributed by atoms with Gasteiger partial charge in [-0.2, -0.15) is 0 Å². The van der Waals surface area contributed by atoms with Crippen molar-refractivity contribution in [2.24, 2.45) is 0 Å². The van der Waals surface area contributed by atoms with E-state index in [9.17, 15) is 9.59 Å². The molecule has 0 atom stereocenters. The summed E-state index contributed by atoms with van der Waals surface area (Å²) in [5.74, 6) is 0. The number of para-hydroxylation sites is 1. The summed E-state index contributed by atoms with van der Waals surface area (Å²) in [5.41, 5.74) is 0.519. The fraction of sp³-hybridized carbons (Fsp3) is 0.429. The number of hydrogen-bond acceptors (Lipinski definition) is 3. The van der Waals surface area contributed by atoms with Gasteiger partial charge >= 0.3 is 6.09 Å². The number of anilines is 1. The topological polar surface area (TPSA) is 46.6 Å². The van der Waals surface area contributed by atoms with Gasteiger partial charge in [0.2, 0.25) is 6.41 Å². The third-order valence-corrected chi connectivity index (χ3v) is 2.56. The number of rotatable bonds is 7. The van der Waals surface area contributed by atoms with Crippen LogP contribution in [0.15, 0.2) is 30.3 Å². The summed E-state index contributed by atoms with van der Waals surface area (Å²) in [4.78, 5) is 23.6. The second-order valence-corrected chi connectivity index (χ2v) is 3.99. The van der Waals surface area contributed by atoms with Crippen LogP contribution >= 0.6 is 0 Å². The van der Waals surface area contributed by atoms with Crippen LogP contribution in [-0.2, 0) is 9.53 Å². The molecule has 18 heavy (non-hydrogen) atoms. The van der Waals surface area contributed by atoms with E-state index in [1.165, 1.54) is 0 Å². The number of amides is 2. The van der Waals surface area contributed by atoms with Gasteiger partial charge in [-0.05, 0) is 18.6 Å². The molecule has 4 heteroatoms. The first-order valence-electron chi connectivity index (χ1n) is 6.26. The SMILES string of the molecule is CCCCCCOC(=O)N(C=O)c1ccccc1. The van der Waals surface area contributed by atoms with Gasteiger partial charge in [-0.1, -0.05) is 44.4 Å². The molecule has 0 bridgehead atoms. The molecule has 0 unspecified atom stereocenters. The number of imide groups is 1. The molecule has 0 aliphatic heterocycles. The van der Waals surface area contributed by atoms with Crippen molar-refractivity contribution in [3.8, 4) is 0 Å². The Labute approximate surface area is 108 Å². The summed E-state index contributed by atoms with van der Waals surface area (Å²) in [6.07, 6.45) is 4.00. The zero-order valence-electron chi connectivity index (χ0n) is 10.7. The van der Waals surface area contributed by atoms with Crippen molar-refractivity contribution in [1.29, 1.82) is 0 Å². The Kier molecular flexibility index (Phi) is 6.54. The van der Waals surface area contributed by atoms with Crippen LogP contribution in [0.5, 0.6) is 0 Å². The van der Waals surface area contributed by atoms with Crippen LogP contribution in [0, 0.1) is 0 Å². The number of hydrogen-bond donors (Lipinski definition) is 0. The first-order valence-corrected chi connectivity index (χ1v) is 6.26. The van der Waals surface area contributed by atoms with Crippen LogP contribution in [0.3, 0.4) is 0 Å². The lowest BCUT2D eigenvalue weighted by molar-refractivity contribution is -0.107. The summed E-state index contributed by atoms with van der Waals surface area (Å²) in [7, 11) is 0. The Bertz CT molecular complexity index is 365. The maximum absolute atomic E-state index is 11.7. The number of ether oxygens (including phenoxy) is 1. The van der Waals surface area contributed by atoms with Crippen LogP contribution in [0.2, 0.25) is 0 Å². The molecule has 4 nitrogen and oxygen atoms in total. The smallest absolute Gasteiger partial charge is 0.420 e. The minimum absolute atomic E-state index is 0.357. The zero-order chi connectivity index (χ0) is 13.2. The number of carbonyl (C=O) groups is 2. The third-order valence-electron chi connectivity index (χ3n) is 2.56. The van der Waals surface area contributed by atoms with Gasteiger partial charge in [-0.3, -0.25) is 4.79 Å². The number of carbonyl (C=O) groups excluding carboxylic acids is 2. The Balaban J connectivity index is 2.41. The van der Waals surface area contributed by atoms with Crippen LogP contribution < -0.4 is 4.90 Å². The molecule has 0 aromatic heterocycles. The van der Waals surface area contributed by atoms with E-state index in [-0.39, 0.29) is 0 Å². The largest absolute Gasteiger partial charge is 0.449 e. The van der Waals surface area contributed by atoms with Gasteiger partial charge in [0, 0.05) is 0 Å². The van der Waals surface area contributed by atoms with E-state index in [0.717, 1.165) is 30.6 Å². The maximum atomic E-state index is 11.7. The normalized spacial score (nSPS) is 9.83. The van der Waals surface area contributed by atoms with Crippen LogP contribution in [0.25, 0.3) is 0 Å². The number of unbranched alkanes of at least 4 members (excludes halogenated alkanes) is 3. The van der Waals surface area contributed by atoms with Gasteiger partial charge in [0.25, 0.3) is 0 Å². The maximum Gasteiger partial charge on any atom is 0.420 e. The molecule has 0 aliphatic rings. The van der Waals surface area contributed by atoms with Crippen LogP contribution in [0.4, 0.5) is 10.5 Å². The second-order valence-electron chi connectivity index (χ2n) is 3.99. The molecule has 0 aliphatic carbocycles. The number of benzene rings is 1. The first kappa shape index (κ1) is 14.2. The predicted molar refractivity (Wildman–Crippen MR) is 70.5 cm³/mol. The number of nitrogens with zero attached hydrogens (tertiary/aromatic N) is 1. The third kappa shape index (κ3) is 4.57. The molecular weight excluding hydrogens is 230 g/mol. The lowest BCUT2D eigenvalue weighted by Crippen LogP contribution is -2.30. The average Bonchev–Trinajstić information content (AvgIpc) is 2.40. The van der Waals surface area contributed by atoms with Gasteiger partial charge < -0.3 is 4.74 Å².